The topological polar surface area (TPSA) is 87.7 Å². The largest absolute Gasteiger partial charge is 0.454 e. The molecule has 0 unspecified atom stereocenters. The zero-order valence-electron chi connectivity index (χ0n) is 16.3. The van der Waals surface area contributed by atoms with Crippen molar-refractivity contribution in [1.82, 2.24) is 30.0 Å². The number of rotatable bonds is 6. The average molecular weight is 439 g/mol. The van der Waals surface area contributed by atoms with E-state index in [4.69, 9.17) is 16.3 Å². The summed E-state index contributed by atoms with van der Waals surface area (Å²) < 4.78 is 21.4. The maximum atomic E-state index is 13.2. The molecule has 4 aromatic rings. The molecule has 8 nitrogen and oxygen atoms in total. The second-order valence-electron chi connectivity index (χ2n) is 6.46. The SMILES string of the molecule is Cc1nn(-c2ccc(F)cc2)c(Cl)c1C=CC(=O)OCc1nnnn1-c1ccccc1. The van der Waals surface area contributed by atoms with Crippen molar-refractivity contribution in [3.8, 4) is 11.4 Å². The highest BCUT2D eigenvalue weighted by molar-refractivity contribution is 6.31. The Morgan fingerprint density at radius 1 is 1.10 bits per heavy atom. The highest BCUT2D eigenvalue weighted by Gasteiger charge is 2.14. The molecule has 0 fully saturated rings. The summed E-state index contributed by atoms with van der Waals surface area (Å²) in [5, 5.41) is 16.1. The molecule has 31 heavy (non-hydrogen) atoms. The van der Waals surface area contributed by atoms with Crippen LogP contribution in [0.4, 0.5) is 4.39 Å². The van der Waals surface area contributed by atoms with E-state index in [2.05, 4.69) is 20.6 Å². The van der Waals surface area contributed by atoms with E-state index in [0.29, 0.717) is 27.9 Å². The van der Waals surface area contributed by atoms with Gasteiger partial charge in [-0.05, 0) is 59.8 Å². The quantitative estimate of drug-likeness (QED) is 0.337. The molecule has 0 aliphatic rings. The lowest BCUT2D eigenvalue weighted by molar-refractivity contribution is -0.139. The molecule has 0 aliphatic heterocycles. The summed E-state index contributed by atoms with van der Waals surface area (Å²) in [6.45, 7) is 1.65. The Bertz CT molecular complexity index is 1230. The predicted molar refractivity (Wildman–Crippen MR) is 111 cm³/mol. The van der Waals surface area contributed by atoms with Gasteiger partial charge in [0.1, 0.15) is 11.0 Å². The zero-order chi connectivity index (χ0) is 21.8. The number of aryl methyl sites for hydroxylation is 1. The van der Waals surface area contributed by atoms with Gasteiger partial charge in [0.05, 0.1) is 17.1 Å². The molecular formula is C21H16ClFN6O2. The summed E-state index contributed by atoms with van der Waals surface area (Å²) >= 11 is 6.41. The fourth-order valence-electron chi connectivity index (χ4n) is 2.85. The van der Waals surface area contributed by atoms with Gasteiger partial charge in [-0.2, -0.15) is 9.78 Å². The number of esters is 1. The van der Waals surface area contributed by atoms with Crippen molar-refractivity contribution in [1.29, 1.82) is 0 Å². The van der Waals surface area contributed by atoms with Crippen LogP contribution in [0, 0.1) is 12.7 Å². The molecule has 0 amide bonds. The molecule has 10 heteroatoms. The molecule has 0 saturated heterocycles. The monoisotopic (exact) mass is 438 g/mol. The van der Waals surface area contributed by atoms with Gasteiger partial charge >= 0.3 is 5.97 Å². The predicted octanol–water partition coefficient (Wildman–Crippen LogP) is 3.71. The number of hydrogen-bond acceptors (Lipinski definition) is 6. The van der Waals surface area contributed by atoms with E-state index in [0.717, 1.165) is 5.69 Å². The molecule has 0 aliphatic carbocycles. The van der Waals surface area contributed by atoms with E-state index in [1.165, 1.54) is 33.6 Å². The fraction of sp³-hybridized carbons (Fsp3) is 0.0952. The lowest BCUT2D eigenvalue weighted by atomic mass is 10.2. The van der Waals surface area contributed by atoms with Crippen molar-refractivity contribution < 1.29 is 13.9 Å². The van der Waals surface area contributed by atoms with E-state index >= 15 is 0 Å². The van der Waals surface area contributed by atoms with Crippen molar-refractivity contribution >= 4 is 23.6 Å². The van der Waals surface area contributed by atoms with E-state index in [1.54, 1.807) is 19.1 Å². The molecule has 2 heterocycles. The molecule has 0 atom stereocenters. The fourth-order valence-corrected chi connectivity index (χ4v) is 3.19. The molecule has 0 spiro atoms. The zero-order valence-corrected chi connectivity index (χ0v) is 17.1. The minimum atomic E-state index is -0.590. The lowest BCUT2D eigenvalue weighted by Crippen LogP contribution is -2.08. The summed E-state index contributed by atoms with van der Waals surface area (Å²) in [5.41, 5.74) is 2.51. The van der Waals surface area contributed by atoms with Crippen LogP contribution in [0.5, 0.6) is 0 Å². The molecule has 0 N–H and O–H groups in total. The Kier molecular flexibility index (Phi) is 5.85. The normalized spacial score (nSPS) is 11.2. The number of halogens is 2. The Hall–Kier alpha value is -3.85. The van der Waals surface area contributed by atoms with Crippen LogP contribution in [-0.4, -0.2) is 36.0 Å². The van der Waals surface area contributed by atoms with E-state index < -0.39 is 5.97 Å². The van der Waals surface area contributed by atoms with Gasteiger partial charge in [-0.15, -0.1) is 5.10 Å². The highest BCUT2D eigenvalue weighted by Crippen LogP contribution is 2.25. The number of ether oxygens (including phenoxy) is 1. The van der Waals surface area contributed by atoms with Gasteiger partial charge in [0.2, 0.25) is 0 Å². The minimum absolute atomic E-state index is 0.105. The maximum absolute atomic E-state index is 13.2. The minimum Gasteiger partial charge on any atom is -0.454 e. The van der Waals surface area contributed by atoms with Crippen LogP contribution in [0.15, 0.2) is 60.7 Å². The molecule has 0 saturated carbocycles. The van der Waals surface area contributed by atoms with Crippen molar-refractivity contribution in [3.05, 3.63) is 88.7 Å². The molecule has 2 aromatic heterocycles. The van der Waals surface area contributed by atoms with Crippen LogP contribution < -0.4 is 0 Å². The van der Waals surface area contributed by atoms with Gasteiger partial charge in [0, 0.05) is 11.6 Å². The van der Waals surface area contributed by atoms with Gasteiger partial charge in [-0.1, -0.05) is 29.8 Å². The highest BCUT2D eigenvalue weighted by atomic mass is 35.5. The van der Waals surface area contributed by atoms with Gasteiger partial charge < -0.3 is 4.74 Å². The van der Waals surface area contributed by atoms with Crippen molar-refractivity contribution in [3.63, 3.8) is 0 Å². The molecule has 156 valence electrons. The second-order valence-corrected chi connectivity index (χ2v) is 6.82. The maximum Gasteiger partial charge on any atom is 0.331 e. The number of aromatic nitrogens is 6. The molecule has 4 rings (SSSR count). The third-order valence-electron chi connectivity index (χ3n) is 4.38. The molecule has 0 radical (unpaired) electrons. The molecule has 0 bridgehead atoms. The van der Waals surface area contributed by atoms with Crippen molar-refractivity contribution in [2.24, 2.45) is 0 Å². The van der Waals surface area contributed by atoms with Crippen LogP contribution in [0.3, 0.4) is 0 Å². The van der Waals surface area contributed by atoms with Gasteiger partial charge in [-0.3, -0.25) is 0 Å². The second kappa shape index (κ2) is 8.88. The number of nitrogens with zero attached hydrogens (tertiary/aromatic N) is 6. The molecule has 2 aromatic carbocycles. The molecular weight excluding hydrogens is 423 g/mol. The third kappa shape index (κ3) is 4.51. The van der Waals surface area contributed by atoms with Crippen LogP contribution in [-0.2, 0) is 16.1 Å². The Morgan fingerprint density at radius 3 is 2.55 bits per heavy atom. The summed E-state index contributed by atoms with van der Waals surface area (Å²) in [7, 11) is 0. The van der Waals surface area contributed by atoms with Gasteiger partial charge in [0.15, 0.2) is 12.4 Å². The number of hydrogen-bond donors (Lipinski definition) is 0. The van der Waals surface area contributed by atoms with E-state index in [9.17, 15) is 9.18 Å². The number of carbonyl (C=O) groups excluding carboxylic acids is 1. The van der Waals surface area contributed by atoms with Crippen LogP contribution in [0.2, 0.25) is 5.15 Å². The average Bonchev–Trinajstić information content (AvgIpc) is 3.36. The Labute approximate surface area is 181 Å². The smallest absolute Gasteiger partial charge is 0.331 e. The summed E-state index contributed by atoms with van der Waals surface area (Å²) in [6, 6.07) is 15.0. The Morgan fingerprint density at radius 2 is 1.81 bits per heavy atom. The first-order valence-corrected chi connectivity index (χ1v) is 9.59. The summed E-state index contributed by atoms with van der Waals surface area (Å²) in [5.74, 6) is -0.566. The first kappa shape index (κ1) is 20.4. The van der Waals surface area contributed by atoms with E-state index in [-0.39, 0.29) is 12.4 Å². The van der Waals surface area contributed by atoms with E-state index in [1.807, 2.05) is 30.3 Å². The van der Waals surface area contributed by atoms with Crippen LogP contribution in [0.1, 0.15) is 17.1 Å². The van der Waals surface area contributed by atoms with Crippen LogP contribution in [0.25, 0.3) is 17.5 Å². The van der Waals surface area contributed by atoms with Gasteiger partial charge in [0.25, 0.3) is 0 Å². The number of carbonyl (C=O) groups is 1. The number of benzene rings is 2. The first-order chi connectivity index (χ1) is 15.0. The van der Waals surface area contributed by atoms with Crippen molar-refractivity contribution in [2.45, 2.75) is 13.5 Å². The Balaban J connectivity index is 1.45. The van der Waals surface area contributed by atoms with Crippen molar-refractivity contribution in [2.75, 3.05) is 0 Å². The number of para-hydroxylation sites is 1. The van der Waals surface area contributed by atoms with Crippen LogP contribution >= 0.6 is 11.6 Å². The first-order valence-electron chi connectivity index (χ1n) is 9.21. The number of tetrazole rings is 1. The lowest BCUT2D eigenvalue weighted by Gasteiger charge is -2.04. The third-order valence-corrected chi connectivity index (χ3v) is 4.75. The van der Waals surface area contributed by atoms with Gasteiger partial charge in [-0.25, -0.2) is 13.9 Å². The summed E-state index contributed by atoms with van der Waals surface area (Å²) in [6.07, 6.45) is 2.77. The standard InChI is InChI=1S/C21H16ClFN6O2/c1-14-18(21(22)29(25-14)17-9-7-15(23)8-10-17)11-12-20(30)31-13-19-24-26-27-28(19)16-5-3-2-4-6-16/h2-12H,13H2,1H3. The summed E-state index contributed by atoms with van der Waals surface area (Å²) in [4.78, 5) is 12.2.